The predicted octanol–water partition coefficient (Wildman–Crippen LogP) is 3.55. The van der Waals surface area contributed by atoms with Crippen molar-refractivity contribution in [3.8, 4) is 11.5 Å². The average molecular weight is 374 g/mol. The summed E-state index contributed by atoms with van der Waals surface area (Å²) in [6, 6.07) is 15.8. The molecule has 0 heterocycles. The topological polar surface area (TPSA) is 50.7 Å². The monoisotopic (exact) mass is 373 g/mol. The van der Waals surface area contributed by atoms with E-state index in [-0.39, 0.29) is 6.10 Å². The third kappa shape index (κ3) is 6.32. The van der Waals surface area contributed by atoms with Crippen molar-refractivity contribution in [3.63, 3.8) is 0 Å². The molecule has 0 saturated carbocycles. The Labute approximate surface area is 161 Å². The predicted molar refractivity (Wildman–Crippen MR) is 109 cm³/mol. The van der Waals surface area contributed by atoms with Crippen molar-refractivity contribution in [3.05, 3.63) is 59.7 Å². The molecule has 0 fully saturated rings. The third-order valence-corrected chi connectivity index (χ3v) is 4.29. The lowest BCUT2D eigenvalue weighted by molar-refractivity contribution is 0.230. The summed E-state index contributed by atoms with van der Waals surface area (Å²) in [5.74, 6) is 1.47. The van der Waals surface area contributed by atoms with E-state index in [4.69, 9.17) is 21.7 Å². The van der Waals surface area contributed by atoms with Gasteiger partial charge in [0, 0.05) is 13.0 Å². The van der Waals surface area contributed by atoms with Crippen molar-refractivity contribution in [2.24, 2.45) is 0 Å². The molecule has 0 spiro atoms. The van der Waals surface area contributed by atoms with Crippen LogP contribution in [0.15, 0.2) is 48.5 Å². The summed E-state index contributed by atoms with van der Waals surface area (Å²) in [7, 11) is 1.64. The van der Waals surface area contributed by atoms with E-state index in [0.717, 1.165) is 29.0 Å². The van der Waals surface area contributed by atoms with Gasteiger partial charge in [0.2, 0.25) is 0 Å². The minimum atomic E-state index is -0.677. The molecule has 0 unspecified atom stereocenters. The number of nitrogens with one attached hydrogen (secondary N) is 1. The standard InChI is InChI=1S/C21H27NO3S/c1-15(2)25-19-10-9-17(14-20(19)24-3)11-12-22-21(26)18(23)13-16-7-5-4-6-8-16/h4-10,14-15,18,23H,11-13H2,1-3H3,(H,22,26)/t18-/m1/s1. The minimum absolute atomic E-state index is 0.0971. The number of aliphatic hydroxyl groups excluding tert-OH is 1. The molecule has 4 nitrogen and oxygen atoms in total. The van der Waals surface area contributed by atoms with Crippen LogP contribution < -0.4 is 14.8 Å². The Kier molecular flexibility index (Phi) is 7.88. The first-order valence-corrected chi connectivity index (χ1v) is 9.23. The highest BCUT2D eigenvalue weighted by molar-refractivity contribution is 7.80. The number of hydrogen-bond acceptors (Lipinski definition) is 4. The van der Waals surface area contributed by atoms with Gasteiger partial charge in [-0.15, -0.1) is 0 Å². The highest BCUT2D eigenvalue weighted by Crippen LogP contribution is 2.29. The van der Waals surface area contributed by atoms with E-state index in [1.54, 1.807) is 7.11 Å². The van der Waals surface area contributed by atoms with Crippen molar-refractivity contribution in [2.45, 2.75) is 38.9 Å². The Balaban J connectivity index is 1.84. The van der Waals surface area contributed by atoms with Gasteiger partial charge in [-0.2, -0.15) is 0 Å². The quantitative estimate of drug-likeness (QED) is 0.659. The van der Waals surface area contributed by atoms with Gasteiger partial charge in [-0.05, 0) is 43.5 Å². The lowest BCUT2D eigenvalue weighted by atomic mass is 10.1. The molecular formula is C21H27NO3S. The van der Waals surface area contributed by atoms with Crippen LogP contribution in [0.1, 0.15) is 25.0 Å². The second kappa shape index (κ2) is 10.1. The molecule has 2 N–H and O–H groups in total. The SMILES string of the molecule is COc1cc(CCNC(=S)[C@H](O)Cc2ccccc2)ccc1OC(C)C. The van der Waals surface area contributed by atoms with Crippen LogP contribution in [0, 0.1) is 0 Å². The smallest absolute Gasteiger partial charge is 0.161 e. The number of rotatable bonds is 9. The normalized spacial score (nSPS) is 11.9. The maximum atomic E-state index is 10.2. The molecule has 0 radical (unpaired) electrons. The lowest BCUT2D eigenvalue weighted by Gasteiger charge is -2.16. The fourth-order valence-electron chi connectivity index (χ4n) is 2.60. The first kappa shape index (κ1) is 20.2. The third-order valence-electron chi connectivity index (χ3n) is 3.88. The van der Waals surface area contributed by atoms with E-state index in [2.05, 4.69) is 5.32 Å². The van der Waals surface area contributed by atoms with Crippen LogP contribution in [-0.4, -0.2) is 36.0 Å². The highest BCUT2D eigenvalue weighted by atomic mass is 32.1. The number of benzene rings is 2. The molecule has 0 saturated heterocycles. The van der Waals surface area contributed by atoms with Gasteiger partial charge in [0.05, 0.1) is 13.2 Å². The van der Waals surface area contributed by atoms with Crippen LogP contribution in [0.4, 0.5) is 0 Å². The van der Waals surface area contributed by atoms with Gasteiger partial charge in [-0.3, -0.25) is 0 Å². The van der Waals surface area contributed by atoms with E-state index in [1.165, 1.54) is 0 Å². The zero-order valence-electron chi connectivity index (χ0n) is 15.6. The molecule has 140 valence electrons. The fraction of sp³-hybridized carbons (Fsp3) is 0.381. The summed E-state index contributed by atoms with van der Waals surface area (Å²) in [6.45, 7) is 4.62. The Morgan fingerprint density at radius 3 is 2.46 bits per heavy atom. The maximum Gasteiger partial charge on any atom is 0.161 e. The van der Waals surface area contributed by atoms with Crippen molar-refractivity contribution in [1.29, 1.82) is 0 Å². The molecule has 0 aliphatic carbocycles. The molecule has 0 aromatic heterocycles. The van der Waals surface area contributed by atoms with Crippen molar-refractivity contribution >= 4 is 17.2 Å². The first-order chi connectivity index (χ1) is 12.5. The molecule has 0 aliphatic heterocycles. The second-order valence-electron chi connectivity index (χ2n) is 6.40. The Morgan fingerprint density at radius 2 is 1.81 bits per heavy atom. The molecule has 0 aliphatic rings. The van der Waals surface area contributed by atoms with E-state index < -0.39 is 6.10 Å². The molecule has 5 heteroatoms. The van der Waals surface area contributed by atoms with Crippen molar-refractivity contribution in [2.75, 3.05) is 13.7 Å². The average Bonchev–Trinajstić information content (AvgIpc) is 2.63. The number of ether oxygens (including phenoxy) is 2. The van der Waals surface area contributed by atoms with Crippen LogP contribution in [0.3, 0.4) is 0 Å². The lowest BCUT2D eigenvalue weighted by Crippen LogP contribution is -2.35. The maximum absolute atomic E-state index is 10.2. The van der Waals surface area contributed by atoms with Crippen LogP contribution in [0.2, 0.25) is 0 Å². The van der Waals surface area contributed by atoms with E-state index >= 15 is 0 Å². The Bertz CT molecular complexity index is 704. The van der Waals surface area contributed by atoms with Crippen LogP contribution >= 0.6 is 12.2 Å². The van der Waals surface area contributed by atoms with Gasteiger partial charge in [0.1, 0.15) is 11.1 Å². The molecule has 26 heavy (non-hydrogen) atoms. The minimum Gasteiger partial charge on any atom is -0.493 e. The van der Waals surface area contributed by atoms with E-state index in [0.29, 0.717) is 18.0 Å². The van der Waals surface area contributed by atoms with Crippen molar-refractivity contribution < 1.29 is 14.6 Å². The Hall–Kier alpha value is -2.11. The summed E-state index contributed by atoms with van der Waals surface area (Å²) in [5.41, 5.74) is 2.18. The van der Waals surface area contributed by atoms with Crippen LogP contribution in [-0.2, 0) is 12.8 Å². The highest BCUT2D eigenvalue weighted by Gasteiger charge is 2.12. The number of aliphatic hydroxyl groups is 1. The van der Waals surface area contributed by atoms with E-state index in [1.807, 2.05) is 62.4 Å². The van der Waals surface area contributed by atoms with Gasteiger partial charge in [-0.1, -0.05) is 48.6 Å². The molecular weight excluding hydrogens is 346 g/mol. The fourth-order valence-corrected chi connectivity index (χ4v) is 2.78. The molecule has 0 amide bonds. The van der Waals surface area contributed by atoms with Gasteiger partial charge < -0.3 is 19.9 Å². The summed E-state index contributed by atoms with van der Waals surface area (Å²) < 4.78 is 11.1. The summed E-state index contributed by atoms with van der Waals surface area (Å²) in [6.07, 6.45) is 0.710. The number of thiocarbonyl (C=S) groups is 1. The molecule has 2 aromatic rings. The summed E-state index contributed by atoms with van der Waals surface area (Å²) in [5, 5.41) is 13.4. The second-order valence-corrected chi connectivity index (χ2v) is 6.84. The molecule has 1 atom stereocenters. The molecule has 2 rings (SSSR count). The summed E-state index contributed by atoms with van der Waals surface area (Å²) >= 11 is 5.30. The van der Waals surface area contributed by atoms with Crippen LogP contribution in [0.25, 0.3) is 0 Å². The zero-order chi connectivity index (χ0) is 18.9. The van der Waals surface area contributed by atoms with Gasteiger partial charge in [0.15, 0.2) is 11.5 Å². The van der Waals surface area contributed by atoms with Gasteiger partial charge in [-0.25, -0.2) is 0 Å². The van der Waals surface area contributed by atoms with Gasteiger partial charge in [0.25, 0.3) is 0 Å². The number of hydrogen-bond donors (Lipinski definition) is 2. The molecule has 0 bridgehead atoms. The zero-order valence-corrected chi connectivity index (χ0v) is 16.4. The van der Waals surface area contributed by atoms with Crippen molar-refractivity contribution in [1.82, 2.24) is 5.32 Å². The van der Waals surface area contributed by atoms with Gasteiger partial charge >= 0.3 is 0 Å². The first-order valence-electron chi connectivity index (χ1n) is 8.83. The largest absolute Gasteiger partial charge is 0.493 e. The molecule has 2 aromatic carbocycles. The number of methoxy groups -OCH3 is 1. The van der Waals surface area contributed by atoms with Crippen LogP contribution in [0.5, 0.6) is 11.5 Å². The van der Waals surface area contributed by atoms with E-state index in [9.17, 15) is 5.11 Å². The Morgan fingerprint density at radius 1 is 1.08 bits per heavy atom. The summed E-state index contributed by atoms with van der Waals surface area (Å²) in [4.78, 5) is 0.473.